The predicted molar refractivity (Wildman–Crippen MR) is 157 cm³/mol. The maximum absolute atomic E-state index is 13.7. The molecule has 2 heterocycles. The molecule has 1 atom stereocenters. The molecule has 10 heteroatoms. The number of hydrogen-bond donors (Lipinski definition) is 1. The Morgan fingerprint density at radius 2 is 1.87 bits per heavy atom. The van der Waals surface area contributed by atoms with E-state index in [-0.39, 0.29) is 34.8 Å². The van der Waals surface area contributed by atoms with Crippen molar-refractivity contribution in [1.29, 1.82) is 0 Å². The van der Waals surface area contributed by atoms with Crippen LogP contribution in [0.25, 0.3) is 5.69 Å². The Hall–Kier alpha value is -3.17. The Bertz CT molecular complexity index is 1370. The van der Waals surface area contributed by atoms with Gasteiger partial charge in [-0.2, -0.15) is 5.10 Å². The number of amides is 2. The number of anilines is 1. The van der Waals surface area contributed by atoms with Crippen molar-refractivity contribution in [2.45, 2.75) is 44.8 Å². The van der Waals surface area contributed by atoms with E-state index in [1.165, 1.54) is 11.8 Å². The number of carbonyl (C=O) groups is 2. The van der Waals surface area contributed by atoms with E-state index in [9.17, 15) is 9.59 Å². The highest BCUT2D eigenvalue weighted by atomic mass is 35.5. The number of carbonyl (C=O) groups excluding carboxylic acids is 2. The molecule has 0 saturated heterocycles. The summed E-state index contributed by atoms with van der Waals surface area (Å²) in [5.41, 5.74) is 2.88. The number of benzene rings is 2. The topological polar surface area (TPSA) is 85.7 Å². The Morgan fingerprint density at radius 1 is 1.15 bits per heavy atom. The van der Waals surface area contributed by atoms with Crippen molar-refractivity contribution in [2.24, 2.45) is 0 Å². The smallest absolute Gasteiger partial charge is 0.240 e. The normalized spacial score (nSPS) is 15.5. The first-order valence-electron chi connectivity index (χ1n) is 12.9. The van der Waals surface area contributed by atoms with E-state index in [0.717, 1.165) is 23.2 Å². The molecule has 208 valence electrons. The molecular weight excluding hydrogens is 536 g/mol. The molecule has 4 rings (SSSR count). The molecule has 8 nitrogen and oxygen atoms in total. The van der Waals surface area contributed by atoms with E-state index in [0.29, 0.717) is 34.6 Å². The lowest BCUT2D eigenvalue weighted by atomic mass is 9.87. The minimum atomic E-state index is -0.379. The highest BCUT2D eigenvalue weighted by Gasteiger charge is 2.40. The van der Waals surface area contributed by atoms with Crippen molar-refractivity contribution in [3.8, 4) is 17.2 Å². The summed E-state index contributed by atoms with van der Waals surface area (Å²) in [6.45, 7) is 8.68. The quantitative estimate of drug-likeness (QED) is 0.383. The van der Waals surface area contributed by atoms with E-state index in [1.807, 2.05) is 43.3 Å². The molecule has 0 radical (unpaired) electrons. The van der Waals surface area contributed by atoms with Crippen molar-refractivity contribution in [3.63, 3.8) is 0 Å². The van der Waals surface area contributed by atoms with Crippen molar-refractivity contribution >= 4 is 41.0 Å². The number of halogens is 1. The van der Waals surface area contributed by atoms with Gasteiger partial charge in [-0.15, -0.1) is 11.8 Å². The van der Waals surface area contributed by atoms with Crippen molar-refractivity contribution in [2.75, 3.05) is 38.0 Å². The van der Waals surface area contributed by atoms with Crippen LogP contribution in [0.5, 0.6) is 11.5 Å². The number of aromatic nitrogens is 2. The molecule has 1 aromatic heterocycles. The largest absolute Gasteiger partial charge is 0.493 e. The standard InChI is InChI=1S/C29H35ClN4O4S/c1-7-14-31-23(35)16-33-24(36)17-39-26(18-12-13-21(37-5)22(15-18)38-6)25-27(29(2,3)4)32-34(28(25)33)20-11-9-8-10-19(20)30/h8-13,15,26H,7,14,16-17H2,1-6H3,(H,31,35)/t26-/m0/s1. The fourth-order valence-corrected chi connectivity index (χ4v) is 6.01. The highest BCUT2D eigenvalue weighted by molar-refractivity contribution is 8.00. The fraction of sp³-hybridized carbons (Fsp3) is 0.414. The first-order valence-corrected chi connectivity index (χ1v) is 14.3. The van der Waals surface area contributed by atoms with Gasteiger partial charge in [0.25, 0.3) is 0 Å². The van der Waals surface area contributed by atoms with Gasteiger partial charge in [0.05, 0.1) is 41.6 Å². The summed E-state index contributed by atoms with van der Waals surface area (Å²) in [7, 11) is 3.20. The second-order valence-electron chi connectivity index (χ2n) is 10.3. The number of fused-ring (bicyclic) bond motifs is 1. The van der Waals surface area contributed by atoms with Gasteiger partial charge in [-0.05, 0) is 36.2 Å². The van der Waals surface area contributed by atoms with Crippen LogP contribution in [0.15, 0.2) is 42.5 Å². The Morgan fingerprint density at radius 3 is 2.51 bits per heavy atom. The maximum atomic E-state index is 13.7. The fourth-order valence-electron chi connectivity index (χ4n) is 4.61. The molecule has 1 aliphatic heterocycles. The average Bonchev–Trinajstić information content (AvgIpc) is 3.24. The van der Waals surface area contributed by atoms with Gasteiger partial charge in [0.1, 0.15) is 12.4 Å². The number of methoxy groups -OCH3 is 2. The second-order valence-corrected chi connectivity index (χ2v) is 11.8. The number of rotatable bonds is 8. The number of thioether (sulfide) groups is 1. The van der Waals surface area contributed by atoms with Gasteiger partial charge in [-0.25, -0.2) is 4.68 Å². The first-order chi connectivity index (χ1) is 18.6. The number of nitrogens with one attached hydrogen (secondary N) is 1. The number of para-hydroxylation sites is 1. The minimum absolute atomic E-state index is 0.120. The molecule has 1 aliphatic rings. The summed E-state index contributed by atoms with van der Waals surface area (Å²) >= 11 is 8.18. The van der Waals surface area contributed by atoms with Crippen molar-refractivity contribution < 1.29 is 19.1 Å². The summed E-state index contributed by atoms with van der Waals surface area (Å²) in [6.07, 6.45) is 0.799. The van der Waals surface area contributed by atoms with E-state index in [1.54, 1.807) is 29.9 Å². The Labute approximate surface area is 239 Å². The van der Waals surface area contributed by atoms with Crippen LogP contribution in [0, 0.1) is 0 Å². The van der Waals surface area contributed by atoms with Crippen LogP contribution in [-0.4, -0.2) is 54.7 Å². The molecule has 2 aromatic carbocycles. The number of ether oxygens (including phenoxy) is 2. The van der Waals surface area contributed by atoms with E-state index in [2.05, 4.69) is 26.1 Å². The Kier molecular flexibility index (Phi) is 8.81. The molecule has 0 fully saturated rings. The third-order valence-corrected chi connectivity index (χ3v) is 8.04. The van der Waals surface area contributed by atoms with Crippen LogP contribution in [-0.2, 0) is 15.0 Å². The van der Waals surface area contributed by atoms with Crippen LogP contribution < -0.4 is 19.7 Å². The van der Waals surface area contributed by atoms with E-state index >= 15 is 0 Å². The van der Waals surface area contributed by atoms with E-state index in [4.69, 9.17) is 26.2 Å². The molecule has 0 saturated carbocycles. The highest BCUT2D eigenvalue weighted by Crippen LogP contribution is 2.49. The third kappa shape index (κ3) is 5.89. The monoisotopic (exact) mass is 570 g/mol. The maximum Gasteiger partial charge on any atom is 0.240 e. The van der Waals surface area contributed by atoms with E-state index < -0.39 is 0 Å². The molecule has 0 spiro atoms. The molecule has 3 aromatic rings. The SMILES string of the molecule is CCCNC(=O)CN1C(=O)CS[C@@H](c2ccc(OC)c(OC)c2)c2c(C(C)(C)C)nn(-c3ccccc3Cl)c21. The van der Waals surface area contributed by atoms with Gasteiger partial charge in [0.2, 0.25) is 11.8 Å². The van der Waals surface area contributed by atoms with Crippen LogP contribution in [0.1, 0.15) is 56.2 Å². The second kappa shape index (κ2) is 11.9. The first kappa shape index (κ1) is 28.8. The molecule has 1 N–H and O–H groups in total. The van der Waals surface area contributed by atoms with Gasteiger partial charge < -0.3 is 14.8 Å². The molecule has 0 aliphatic carbocycles. The minimum Gasteiger partial charge on any atom is -0.493 e. The lowest BCUT2D eigenvalue weighted by Crippen LogP contribution is -2.42. The summed E-state index contributed by atoms with van der Waals surface area (Å²) < 4.78 is 12.8. The summed E-state index contributed by atoms with van der Waals surface area (Å²) in [5, 5.41) is 8.21. The predicted octanol–water partition coefficient (Wildman–Crippen LogP) is 5.54. The third-order valence-electron chi connectivity index (χ3n) is 6.46. The molecular formula is C29H35ClN4O4S. The van der Waals surface area contributed by atoms with Crippen LogP contribution >= 0.6 is 23.4 Å². The number of nitrogens with zero attached hydrogens (tertiary/aromatic N) is 3. The van der Waals surface area contributed by atoms with Crippen molar-refractivity contribution in [3.05, 3.63) is 64.3 Å². The van der Waals surface area contributed by atoms with Crippen LogP contribution in [0.4, 0.5) is 5.82 Å². The lowest BCUT2D eigenvalue weighted by Gasteiger charge is -2.25. The van der Waals surface area contributed by atoms with Gasteiger partial charge in [0.15, 0.2) is 11.5 Å². The summed E-state index contributed by atoms with van der Waals surface area (Å²) in [4.78, 5) is 28.2. The van der Waals surface area contributed by atoms with Crippen LogP contribution in [0.2, 0.25) is 5.02 Å². The van der Waals surface area contributed by atoms with Crippen LogP contribution in [0.3, 0.4) is 0 Å². The van der Waals surface area contributed by atoms with Crippen molar-refractivity contribution in [1.82, 2.24) is 15.1 Å². The lowest BCUT2D eigenvalue weighted by molar-refractivity contribution is -0.122. The number of hydrogen-bond acceptors (Lipinski definition) is 6. The zero-order valence-corrected chi connectivity index (χ0v) is 24.8. The molecule has 2 amide bonds. The molecule has 0 bridgehead atoms. The van der Waals surface area contributed by atoms with Gasteiger partial charge in [0, 0.05) is 17.5 Å². The average molecular weight is 571 g/mol. The summed E-state index contributed by atoms with van der Waals surface area (Å²) in [5.74, 6) is 1.54. The summed E-state index contributed by atoms with van der Waals surface area (Å²) in [6, 6.07) is 13.2. The molecule has 0 unspecified atom stereocenters. The zero-order valence-electron chi connectivity index (χ0n) is 23.2. The van der Waals surface area contributed by atoms with Gasteiger partial charge in [-0.3, -0.25) is 14.5 Å². The Balaban J connectivity index is 2.02. The zero-order chi connectivity index (χ0) is 28.3. The van der Waals surface area contributed by atoms with Gasteiger partial charge >= 0.3 is 0 Å². The van der Waals surface area contributed by atoms with Gasteiger partial charge in [-0.1, -0.05) is 57.5 Å². The molecule has 39 heavy (non-hydrogen) atoms.